The van der Waals surface area contributed by atoms with Gasteiger partial charge < -0.3 is 4.90 Å². The van der Waals surface area contributed by atoms with E-state index in [0.717, 1.165) is 10.5 Å². The normalized spacial score (nSPS) is 20.8. The van der Waals surface area contributed by atoms with Crippen molar-refractivity contribution >= 4 is 35.0 Å². The van der Waals surface area contributed by atoms with E-state index in [4.69, 9.17) is 16.9 Å². The average Bonchev–Trinajstić information content (AvgIpc) is 3.02. The van der Waals surface area contributed by atoms with Gasteiger partial charge in [-0.1, -0.05) is 51.4 Å². The van der Waals surface area contributed by atoms with E-state index < -0.39 is 11.9 Å². The van der Waals surface area contributed by atoms with Crippen molar-refractivity contribution in [1.29, 1.82) is 5.26 Å². The molecule has 1 aliphatic heterocycles. The highest BCUT2D eigenvalue weighted by molar-refractivity contribution is 6.30. The molecule has 0 aromatic heterocycles. The quantitative estimate of drug-likeness (QED) is 0.569. The summed E-state index contributed by atoms with van der Waals surface area (Å²) in [6.07, 6.45) is 0.461. The lowest BCUT2D eigenvalue weighted by Crippen LogP contribution is -2.47. The summed E-state index contributed by atoms with van der Waals surface area (Å²) in [5.41, 5.74) is 1.41. The van der Waals surface area contributed by atoms with Crippen LogP contribution in [0.5, 0.6) is 0 Å². The lowest BCUT2D eigenvalue weighted by molar-refractivity contribution is -0.140. The third-order valence-electron chi connectivity index (χ3n) is 7.83. The molecular weight excluding hydrogens is 450 g/mol. The van der Waals surface area contributed by atoms with Gasteiger partial charge in [0.25, 0.3) is 5.91 Å². The van der Waals surface area contributed by atoms with Crippen LogP contribution in [0.1, 0.15) is 45.2 Å². The average molecular weight is 478 g/mol. The van der Waals surface area contributed by atoms with E-state index in [-0.39, 0.29) is 35.0 Å². The van der Waals surface area contributed by atoms with Gasteiger partial charge in [-0.15, -0.1) is 0 Å². The second kappa shape index (κ2) is 8.56. The number of anilines is 1. The molecule has 2 aromatic carbocycles. The molecule has 1 unspecified atom stereocenters. The van der Waals surface area contributed by atoms with E-state index in [1.165, 1.54) is 0 Å². The molecule has 2 aromatic rings. The van der Waals surface area contributed by atoms with E-state index in [1.54, 1.807) is 35.2 Å². The van der Waals surface area contributed by atoms with Crippen molar-refractivity contribution in [2.75, 3.05) is 11.4 Å². The Morgan fingerprint density at radius 2 is 1.76 bits per heavy atom. The Kier molecular flexibility index (Phi) is 6.03. The summed E-state index contributed by atoms with van der Waals surface area (Å²) < 4.78 is 0. The van der Waals surface area contributed by atoms with Crippen LogP contribution in [0.25, 0.3) is 0 Å². The molecule has 1 heterocycles. The first-order valence-electron chi connectivity index (χ1n) is 11.4. The molecule has 0 N–H and O–H groups in total. The van der Waals surface area contributed by atoms with Gasteiger partial charge in [-0.2, -0.15) is 5.26 Å². The van der Waals surface area contributed by atoms with Gasteiger partial charge in [-0.05, 0) is 59.2 Å². The Morgan fingerprint density at radius 3 is 2.32 bits per heavy atom. The van der Waals surface area contributed by atoms with Crippen LogP contribution in [-0.2, 0) is 20.8 Å². The van der Waals surface area contributed by atoms with Gasteiger partial charge >= 0.3 is 0 Å². The minimum Gasteiger partial charge on any atom is -0.329 e. The first-order valence-corrected chi connectivity index (χ1v) is 11.8. The van der Waals surface area contributed by atoms with Gasteiger partial charge in [0, 0.05) is 17.5 Å². The van der Waals surface area contributed by atoms with Crippen LogP contribution in [-0.4, -0.2) is 35.2 Å². The number of hydrogen-bond acceptors (Lipinski definition) is 4. The molecule has 0 spiro atoms. The van der Waals surface area contributed by atoms with Crippen LogP contribution in [0.3, 0.4) is 0 Å². The number of rotatable bonds is 6. The second-order valence-electron chi connectivity index (χ2n) is 10.2. The fraction of sp³-hybridized carbons (Fsp3) is 0.407. The summed E-state index contributed by atoms with van der Waals surface area (Å²) in [5, 5.41) is 9.65. The largest absolute Gasteiger partial charge is 0.329 e. The molecule has 7 heteroatoms. The van der Waals surface area contributed by atoms with Crippen molar-refractivity contribution in [3.05, 3.63) is 64.7 Å². The van der Waals surface area contributed by atoms with Crippen molar-refractivity contribution in [2.45, 2.75) is 46.6 Å². The molecule has 2 aliphatic rings. The van der Waals surface area contributed by atoms with Crippen LogP contribution < -0.4 is 4.90 Å². The van der Waals surface area contributed by atoms with Gasteiger partial charge in [-0.25, -0.2) is 4.90 Å². The minimum absolute atomic E-state index is 0.0618. The van der Waals surface area contributed by atoms with Crippen LogP contribution in [0.15, 0.2) is 48.5 Å². The van der Waals surface area contributed by atoms with Gasteiger partial charge in [0.2, 0.25) is 11.8 Å². The molecule has 1 atom stereocenters. The van der Waals surface area contributed by atoms with Crippen molar-refractivity contribution < 1.29 is 14.4 Å². The van der Waals surface area contributed by atoms with E-state index in [9.17, 15) is 14.4 Å². The molecule has 0 radical (unpaired) electrons. The summed E-state index contributed by atoms with van der Waals surface area (Å²) in [7, 11) is 0. The topological polar surface area (TPSA) is 81.5 Å². The summed E-state index contributed by atoms with van der Waals surface area (Å²) in [6.45, 7) is 8.57. The van der Waals surface area contributed by atoms with Crippen molar-refractivity contribution in [3.8, 4) is 6.07 Å². The Morgan fingerprint density at radius 1 is 1.12 bits per heavy atom. The maximum Gasteiger partial charge on any atom is 0.257 e. The van der Waals surface area contributed by atoms with Gasteiger partial charge in [0.1, 0.15) is 6.04 Å². The van der Waals surface area contributed by atoms with Gasteiger partial charge in [0.05, 0.1) is 23.7 Å². The fourth-order valence-corrected chi connectivity index (χ4v) is 5.37. The first kappa shape index (κ1) is 24.0. The number of nitrogens with zero attached hydrogens (tertiary/aromatic N) is 3. The fourth-order valence-electron chi connectivity index (χ4n) is 5.16. The monoisotopic (exact) mass is 477 g/mol. The zero-order valence-electron chi connectivity index (χ0n) is 19.8. The standard InChI is InChI=1S/C27H28ClN3O3/c1-26(2)23(27(26,3)4)25(34)30(13-12-17-6-5-7-19(28)14-17)21-15-22(32)31(24(21)33)20-10-8-18(16-29)9-11-20/h5-11,14,21,23H,12-13,15H2,1-4H3. The highest BCUT2D eigenvalue weighted by Gasteiger charge is 2.69. The number of hydrogen-bond donors (Lipinski definition) is 0. The molecule has 1 saturated heterocycles. The zero-order valence-corrected chi connectivity index (χ0v) is 20.6. The summed E-state index contributed by atoms with van der Waals surface area (Å²) in [6, 6.07) is 14.9. The molecule has 2 fully saturated rings. The van der Waals surface area contributed by atoms with E-state index in [0.29, 0.717) is 29.2 Å². The maximum absolute atomic E-state index is 13.8. The number of benzene rings is 2. The zero-order chi connectivity index (χ0) is 24.8. The molecule has 0 bridgehead atoms. The van der Waals surface area contributed by atoms with Crippen molar-refractivity contribution in [2.24, 2.45) is 16.7 Å². The Bertz CT molecular complexity index is 1180. The number of amides is 3. The highest BCUT2D eigenvalue weighted by atomic mass is 35.5. The number of imide groups is 1. The lowest BCUT2D eigenvalue weighted by atomic mass is 10.0. The van der Waals surface area contributed by atoms with Crippen molar-refractivity contribution in [1.82, 2.24) is 4.90 Å². The Balaban J connectivity index is 1.62. The Hall–Kier alpha value is -3.17. The van der Waals surface area contributed by atoms with Crippen LogP contribution in [0.2, 0.25) is 5.02 Å². The van der Waals surface area contributed by atoms with E-state index >= 15 is 0 Å². The van der Waals surface area contributed by atoms with Crippen LogP contribution >= 0.6 is 11.6 Å². The molecule has 1 aliphatic carbocycles. The van der Waals surface area contributed by atoms with Gasteiger partial charge in [0.15, 0.2) is 0 Å². The molecular formula is C27H28ClN3O3. The SMILES string of the molecule is CC1(C)C(C(=O)N(CCc2cccc(Cl)c2)C2CC(=O)N(c3ccc(C#N)cc3)C2=O)C1(C)C. The summed E-state index contributed by atoms with van der Waals surface area (Å²) in [5.74, 6) is -1.09. The second-order valence-corrected chi connectivity index (χ2v) is 10.7. The highest BCUT2D eigenvalue weighted by Crippen LogP contribution is 2.69. The molecule has 1 saturated carbocycles. The lowest BCUT2D eigenvalue weighted by Gasteiger charge is -2.29. The first-order chi connectivity index (χ1) is 16.0. The molecule has 34 heavy (non-hydrogen) atoms. The Labute approximate surface area is 205 Å². The molecule has 6 nitrogen and oxygen atoms in total. The molecule has 4 rings (SSSR count). The maximum atomic E-state index is 13.8. The predicted molar refractivity (Wildman–Crippen MR) is 130 cm³/mol. The van der Waals surface area contributed by atoms with E-state index in [2.05, 4.69) is 27.7 Å². The number of carbonyl (C=O) groups excluding carboxylic acids is 3. The molecule has 3 amide bonds. The summed E-state index contributed by atoms with van der Waals surface area (Å²) in [4.78, 5) is 42.9. The van der Waals surface area contributed by atoms with Crippen molar-refractivity contribution in [3.63, 3.8) is 0 Å². The van der Waals surface area contributed by atoms with Crippen LogP contribution in [0, 0.1) is 28.1 Å². The third-order valence-corrected chi connectivity index (χ3v) is 8.07. The number of carbonyl (C=O) groups is 3. The number of nitriles is 1. The minimum atomic E-state index is -0.859. The van der Waals surface area contributed by atoms with Gasteiger partial charge in [-0.3, -0.25) is 14.4 Å². The predicted octanol–water partition coefficient (Wildman–Crippen LogP) is 4.60. The molecule has 176 valence electrons. The summed E-state index contributed by atoms with van der Waals surface area (Å²) >= 11 is 6.13. The number of halogens is 1. The van der Waals surface area contributed by atoms with Crippen LogP contribution in [0.4, 0.5) is 5.69 Å². The third kappa shape index (κ3) is 3.99. The van der Waals surface area contributed by atoms with E-state index in [1.807, 2.05) is 24.3 Å². The smallest absolute Gasteiger partial charge is 0.257 e.